The Balaban J connectivity index is 1.79. The van der Waals surface area contributed by atoms with E-state index in [2.05, 4.69) is 35.9 Å². The van der Waals surface area contributed by atoms with Crippen molar-refractivity contribution in [3.05, 3.63) is 40.2 Å². The van der Waals surface area contributed by atoms with Gasteiger partial charge in [-0.2, -0.15) is 0 Å². The molecule has 1 amide bonds. The largest absolute Gasteiger partial charge is 0.497 e. The number of H-pyrrole nitrogens is 1. The molecule has 28 heavy (non-hydrogen) atoms. The molecular formula is C21H30N4O3. The molecule has 152 valence electrons. The minimum atomic E-state index is -0.249. The van der Waals surface area contributed by atoms with Crippen molar-refractivity contribution in [3.63, 3.8) is 0 Å². The van der Waals surface area contributed by atoms with Crippen molar-refractivity contribution in [1.82, 2.24) is 19.7 Å². The van der Waals surface area contributed by atoms with Gasteiger partial charge in [0.25, 0.3) is 5.91 Å². The third-order valence-electron chi connectivity index (χ3n) is 5.53. The number of methoxy groups -OCH3 is 1. The lowest BCUT2D eigenvalue weighted by Gasteiger charge is -2.38. The minimum Gasteiger partial charge on any atom is -0.497 e. The quantitative estimate of drug-likeness (QED) is 0.817. The Morgan fingerprint density at radius 1 is 1.29 bits per heavy atom. The molecule has 0 bridgehead atoms. The number of nitrogens with one attached hydrogen (secondary N) is 1. The first-order chi connectivity index (χ1) is 13.4. The topological polar surface area (TPSA) is 68.9 Å². The van der Waals surface area contributed by atoms with Gasteiger partial charge in [-0.25, -0.2) is 0 Å². The summed E-state index contributed by atoms with van der Waals surface area (Å²) in [5, 5.41) is 0.474. The monoisotopic (exact) mass is 386 g/mol. The lowest BCUT2D eigenvalue weighted by atomic mass is 10.0. The van der Waals surface area contributed by atoms with Gasteiger partial charge in [0.1, 0.15) is 11.3 Å². The first-order valence-corrected chi connectivity index (χ1v) is 9.74. The number of aromatic amines is 1. The zero-order chi connectivity index (χ0) is 20.3. The number of ether oxygens (including phenoxy) is 1. The number of rotatable bonds is 6. The molecular weight excluding hydrogens is 356 g/mol. The van der Waals surface area contributed by atoms with Crippen LogP contribution in [0.5, 0.6) is 5.75 Å². The number of aromatic nitrogens is 1. The fourth-order valence-electron chi connectivity index (χ4n) is 3.69. The number of likely N-dealkylation sites (N-methyl/N-ethyl adjacent to an activating group) is 2. The van der Waals surface area contributed by atoms with Gasteiger partial charge in [0.05, 0.1) is 7.11 Å². The summed E-state index contributed by atoms with van der Waals surface area (Å²) in [5.41, 5.74) is 0.639. The molecule has 0 radical (unpaired) electrons. The van der Waals surface area contributed by atoms with Crippen LogP contribution in [0.25, 0.3) is 10.9 Å². The molecule has 7 heteroatoms. The van der Waals surface area contributed by atoms with Gasteiger partial charge in [0.15, 0.2) is 0 Å². The Kier molecular flexibility index (Phi) is 6.36. The third-order valence-corrected chi connectivity index (χ3v) is 5.53. The van der Waals surface area contributed by atoms with Crippen LogP contribution in [0.4, 0.5) is 0 Å². The maximum atomic E-state index is 13.1. The van der Waals surface area contributed by atoms with Gasteiger partial charge in [-0.15, -0.1) is 0 Å². The lowest BCUT2D eigenvalue weighted by Crippen LogP contribution is -2.50. The number of hydrogen-bond donors (Lipinski definition) is 1. The van der Waals surface area contributed by atoms with Crippen molar-refractivity contribution < 1.29 is 9.53 Å². The van der Waals surface area contributed by atoms with Gasteiger partial charge < -0.3 is 24.4 Å². The van der Waals surface area contributed by atoms with Crippen LogP contribution in [0.2, 0.25) is 0 Å². The zero-order valence-electron chi connectivity index (χ0n) is 17.2. The molecule has 1 aromatic heterocycles. The Morgan fingerprint density at radius 3 is 2.79 bits per heavy atom. The molecule has 1 aliphatic rings. The predicted octanol–water partition coefficient (Wildman–Crippen LogP) is 1.63. The van der Waals surface area contributed by atoms with Crippen LogP contribution in [0.3, 0.4) is 0 Å². The summed E-state index contributed by atoms with van der Waals surface area (Å²) in [6.45, 7) is 3.27. The average molecular weight is 386 g/mol. The highest BCUT2D eigenvalue weighted by Crippen LogP contribution is 2.19. The summed E-state index contributed by atoms with van der Waals surface area (Å²) in [6.07, 6.45) is 3.56. The van der Waals surface area contributed by atoms with Crippen molar-refractivity contribution in [3.8, 4) is 5.75 Å². The molecule has 0 unspecified atom stereocenters. The molecule has 2 aromatic rings. The van der Waals surface area contributed by atoms with E-state index in [1.165, 1.54) is 0 Å². The average Bonchev–Trinajstić information content (AvgIpc) is 2.71. The van der Waals surface area contributed by atoms with E-state index in [4.69, 9.17) is 4.74 Å². The van der Waals surface area contributed by atoms with E-state index in [9.17, 15) is 9.59 Å². The maximum Gasteiger partial charge on any atom is 0.259 e. The van der Waals surface area contributed by atoms with Crippen molar-refractivity contribution in [2.75, 3.05) is 54.4 Å². The van der Waals surface area contributed by atoms with Crippen LogP contribution in [0.1, 0.15) is 23.2 Å². The van der Waals surface area contributed by atoms with Crippen LogP contribution in [0, 0.1) is 0 Å². The standard InChI is InChI=1S/C21H30N4O3/c1-23(2)10-11-24(3)15-6-5-9-25(14-15)21(27)18-13-22-19-8-7-16(28-4)12-17(19)20(18)26/h7-8,12-13,15H,5-6,9-11,14H2,1-4H3,(H,22,26)/t15-/m0/s1. The molecule has 1 atom stereocenters. The number of carbonyl (C=O) groups excluding carboxylic acids is 1. The Bertz CT molecular complexity index is 893. The number of benzene rings is 1. The van der Waals surface area contributed by atoms with E-state index in [1.54, 1.807) is 31.5 Å². The fraction of sp³-hybridized carbons (Fsp3) is 0.524. The van der Waals surface area contributed by atoms with Crippen LogP contribution in [-0.4, -0.2) is 86.1 Å². The predicted molar refractivity (Wildman–Crippen MR) is 111 cm³/mol. The van der Waals surface area contributed by atoms with E-state index >= 15 is 0 Å². The molecule has 1 N–H and O–H groups in total. The SMILES string of the molecule is COc1ccc2[nH]cc(C(=O)N3CCC[C@H](N(C)CCN(C)C)C3)c(=O)c2c1. The van der Waals surface area contributed by atoms with Crippen LogP contribution in [0.15, 0.2) is 29.2 Å². The van der Waals surface area contributed by atoms with Crippen molar-refractivity contribution in [1.29, 1.82) is 0 Å². The summed E-state index contributed by atoms with van der Waals surface area (Å²) in [5.74, 6) is 0.403. The second-order valence-electron chi connectivity index (χ2n) is 7.77. The highest BCUT2D eigenvalue weighted by Gasteiger charge is 2.28. The second-order valence-corrected chi connectivity index (χ2v) is 7.77. The molecule has 1 saturated heterocycles. The zero-order valence-corrected chi connectivity index (χ0v) is 17.2. The first kappa shape index (κ1) is 20.4. The van der Waals surface area contributed by atoms with Crippen LogP contribution in [-0.2, 0) is 0 Å². The number of fused-ring (bicyclic) bond motifs is 1. The normalized spacial score (nSPS) is 17.5. The van der Waals surface area contributed by atoms with Crippen LogP contribution >= 0.6 is 0 Å². The number of amides is 1. The van der Waals surface area contributed by atoms with Gasteiger partial charge in [0, 0.05) is 49.3 Å². The van der Waals surface area contributed by atoms with Gasteiger partial charge in [-0.1, -0.05) is 0 Å². The van der Waals surface area contributed by atoms with Gasteiger partial charge in [-0.3, -0.25) is 9.59 Å². The number of piperidine rings is 1. The Labute approximate surface area is 165 Å². The number of pyridine rings is 1. The molecule has 1 fully saturated rings. The van der Waals surface area contributed by atoms with Gasteiger partial charge >= 0.3 is 0 Å². The third kappa shape index (κ3) is 4.36. The smallest absolute Gasteiger partial charge is 0.259 e. The minimum absolute atomic E-state index is 0.192. The number of likely N-dealkylation sites (tertiary alicyclic amines) is 1. The van der Waals surface area contributed by atoms with Crippen molar-refractivity contribution in [2.24, 2.45) is 0 Å². The summed E-state index contributed by atoms with van der Waals surface area (Å²) < 4.78 is 5.22. The molecule has 0 aliphatic carbocycles. The van der Waals surface area contributed by atoms with E-state index in [-0.39, 0.29) is 16.9 Å². The first-order valence-electron chi connectivity index (χ1n) is 9.74. The Morgan fingerprint density at radius 2 is 2.07 bits per heavy atom. The van der Waals surface area contributed by atoms with E-state index in [0.29, 0.717) is 35.8 Å². The van der Waals surface area contributed by atoms with E-state index in [0.717, 1.165) is 25.9 Å². The van der Waals surface area contributed by atoms with Gasteiger partial charge in [-0.05, 0) is 52.2 Å². The summed E-state index contributed by atoms with van der Waals surface area (Å²) in [7, 11) is 7.79. The van der Waals surface area contributed by atoms with E-state index < -0.39 is 0 Å². The van der Waals surface area contributed by atoms with Gasteiger partial charge in [0.2, 0.25) is 5.43 Å². The molecule has 0 saturated carbocycles. The molecule has 2 heterocycles. The lowest BCUT2D eigenvalue weighted by molar-refractivity contribution is 0.0602. The molecule has 7 nitrogen and oxygen atoms in total. The maximum absolute atomic E-state index is 13.1. The summed E-state index contributed by atoms with van der Waals surface area (Å²) in [4.78, 5) is 35.4. The van der Waals surface area contributed by atoms with Crippen molar-refractivity contribution >= 4 is 16.8 Å². The molecule has 0 spiro atoms. The highest BCUT2D eigenvalue weighted by molar-refractivity contribution is 5.97. The van der Waals surface area contributed by atoms with E-state index in [1.807, 2.05) is 4.90 Å². The number of hydrogen-bond acceptors (Lipinski definition) is 5. The highest BCUT2D eigenvalue weighted by atomic mass is 16.5. The molecule has 1 aliphatic heterocycles. The summed E-state index contributed by atoms with van der Waals surface area (Å²) in [6, 6.07) is 5.58. The molecule has 3 rings (SSSR count). The van der Waals surface area contributed by atoms with Crippen molar-refractivity contribution in [2.45, 2.75) is 18.9 Å². The number of nitrogens with zero attached hydrogens (tertiary/aromatic N) is 3. The summed E-state index contributed by atoms with van der Waals surface area (Å²) >= 11 is 0. The molecule has 1 aromatic carbocycles. The second kappa shape index (κ2) is 8.75. The fourth-order valence-corrected chi connectivity index (χ4v) is 3.69. The van der Waals surface area contributed by atoms with Crippen LogP contribution < -0.4 is 10.2 Å². The number of carbonyl (C=O) groups is 1. The Hall–Kier alpha value is -2.38.